The van der Waals surface area contributed by atoms with E-state index in [1.54, 1.807) is 24.3 Å². The van der Waals surface area contributed by atoms with E-state index < -0.39 is 0 Å². The minimum absolute atomic E-state index is 0. The molecule has 0 radical (unpaired) electrons. The summed E-state index contributed by atoms with van der Waals surface area (Å²) >= 11 is 0. The molecule has 2 aliphatic rings. The fourth-order valence-corrected chi connectivity index (χ4v) is 2.93. The molecular weight excluding hydrogens is 344 g/mol. The van der Waals surface area contributed by atoms with Crippen molar-refractivity contribution in [3.05, 3.63) is 35.4 Å². The number of nitrogens with one attached hydrogen (secondary N) is 2. The maximum Gasteiger partial charge on any atom is 0.324 e. The lowest BCUT2D eigenvalue weighted by atomic mass is 9.95. The number of benzene rings is 1. The summed E-state index contributed by atoms with van der Waals surface area (Å²) in [6.07, 6.45) is 2.19. The summed E-state index contributed by atoms with van der Waals surface area (Å²) in [5.74, 6) is 0.0479. The zero-order chi connectivity index (χ0) is 17.3. The molecule has 4 N–H and O–H groups in total. The molecule has 0 aromatic heterocycles. The number of carbonyl (C=O) groups excluding carboxylic acids is 3. The van der Waals surface area contributed by atoms with Crippen molar-refractivity contribution in [2.45, 2.75) is 31.8 Å². The van der Waals surface area contributed by atoms with E-state index in [2.05, 4.69) is 10.6 Å². The third-order valence-corrected chi connectivity index (χ3v) is 4.80. The zero-order valence-corrected chi connectivity index (χ0v) is 14.9. The Labute approximate surface area is 152 Å². The zero-order valence-electron chi connectivity index (χ0n) is 14.1. The summed E-state index contributed by atoms with van der Waals surface area (Å²) in [5.41, 5.74) is 6.79. The largest absolute Gasteiger partial charge is 0.345 e. The van der Waals surface area contributed by atoms with Gasteiger partial charge in [-0.1, -0.05) is 12.1 Å². The number of hydrogen-bond donors (Lipinski definition) is 3. The Hall–Kier alpha value is -2.12. The Morgan fingerprint density at radius 3 is 2.44 bits per heavy atom. The molecule has 1 heterocycles. The number of imide groups is 1. The molecule has 1 unspecified atom stereocenters. The van der Waals surface area contributed by atoms with Crippen molar-refractivity contribution in [2.75, 3.05) is 13.1 Å². The second kappa shape index (κ2) is 7.41. The molecule has 0 spiro atoms. The van der Waals surface area contributed by atoms with E-state index in [4.69, 9.17) is 5.73 Å². The van der Waals surface area contributed by atoms with Crippen LogP contribution in [0.5, 0.6) is 0 Å². The van der Waals surface area contributed by atoms with Crippen LogP contribution >= 0.6 is 12.4 Å². The lowest BCUT2D eigenvalue weighted by Crippen LogP contribution is -2.53. The van der Waals surface area contributed by atoms with Crippen molar-refractivity contribution in [1.29, 1.82) is 0 Å². The van der Waals surface area contributed by atoms with Crippen LogP contribution < -0.4 is 16.4 Å². The summed E-state index contributed by atoms with van der Waals surface area (Å²) in [6.45, 7) is 2.63. The van der Waals surface area contributed by atoms with Crippen molar-refractivity contribution in [3.8, 4) is 0 Å². The third kappa shape index (κ3) is 4.11. The smallest absolute Gasteiger partial charge is 0.324 e. The van der Waals surface area contributed by atoms with Crippen LogP contribution in [-0.4, -0.2) is 41.4 Å². The van der Waals surface area contributed by atoms with Crippen LogP contribution in [0.1, 0.15) is 35.7 Å². The van der Waals surface area contributed by atoms with Gasteiger partial charge in [-0.3, -0.25) is 14.5 Å². The fraction of sp³-hybridized carbons (Fsp3) is 0.471. The van der Waals surface area contributed by atoms with Crippen LogP contribution in [0.2, 0.25) is 0 Å². The van der Waals surface area contributed by atoms with Crippen molar-refractivity contribution in [1.82, 2.24) is 15.5 Å². The standard InChI is InChI=1S/C17H22N4O3.ClH/c1-17(10-18,13-6-7-13)20-15(23)12-4-2-11(3-5-12)9-21-14(22)8-19-16(21)24;/h2-5,13H,6-10,18H2,1H3,(H,19,24)(H,20,23);1H. The minimum Gasteiger partial charge on any atom is -0.345 e. The maximum absolute atomic E-state index is 12.4. The first-order valence-corrected chi connectivity index (χ1v) is 8.12. The van der Waals surface area contributed by atoms with E-state index >= 15 is 0 Å². The summed E-state index contributed by atoms with van der Waals surface area (Å²) in [4.78, 5) is 36.7. The fourth-order valence-electron chi connectivity index (χ4n) is 2.93. The molecule has 4 amide bonds. The number of carbonyl (C=O) groups is 3. The Balaban J connectivity index is 0.00000225. The second-order valence-corrected chi connectivity index (χ2v) is 6.69. The van der Waals surface area contributed by atoms with Gasteiger partial charge in [-0.05, 0) is 43.4 Å². The average Bonchev–Trinajstić information content (AvgIpc) is 3.39. The highest BCUT2D eigenvalue weighted by atomic mass is 35.5. The Bertz CT molecular complexity index is 659. The van der Waals surface area contributed by atoms with Crippen molar-refractivity contribution >= 4 is 30.3 Å². The van der Waals surface area contributed by atoms with Gasteiger partial charge < -0.3 is 16.4 Å². The Morgan fingerprint density at radius 2 is 1.96 bits per heavy atom. The molecule has 1 atom stereocenters. The summed E-state index contributed by atoms with van der Waals surface area (Å²) in [6, 6.07) is 6.53. The first kappa shape index (κ1) is 19.2. The number of nitrogens with zero attached hydrogens (tertiary/aromatic N) is 1. The first-order valence-electron chi connectivity index (χ1n) is 8.12. The van der Waals surface area contributed by atoms with Crippen molar-refractivity contribution in [3.63, 3.8) is 0 Å². The predicted octanol–water partition coefficient (Wildman–Crippen LogP) is 1.02. The molecule has 2 fully saturated rings. The number of hydrogen-bond acceptors (Lipinski definition) is 4. The molecule has 8 heteroatoms. The van der Waals surface area contributed by atoms with Gasteiger partial charge in [-0.2, -0.15) is 0 Å². The molecule has 1 saturated heterocycles. The van der Waals surface area contributed by atoms with E-state index in [0.29, 0.717) is 18.0 Å². The van der Waals surface area contributed by atoms with Gasteiger partial charge in [0.05, 0.1) is 18.6 Å². The van der Waals surface area contributed by atoms with E-state index in [0.717, 1.165) is 23.3 Å². The molecule has 1 saturated carbocycles. The van der Waals surface area contributed by atoms with Gasteiger partial charge in [0, 0.05) is 12.1 Å². The Morgan fingerprint density at radius 1 is 1.32 bits per heavy atom. The lowest BCUT2D eigenvalue weighted by molar-refractivity contribution is -0.125. The topological polar surface area (TPSA) is 105 Å². The summed E-state index contributed by atoms with van der Waals surface area (Å²) < 4.78 is 0. The molecule has 1 aromatic carbocycles. The van der Waals surface area contributed by atoms with E-state index in [1.807, 2.05) is 6.92 Å². The van der Waals surface area contributed by atoms with Crippen LogP contribution in [0, 0.1) is 5.92 Å². The van der Waals surface area contributed by atoms with Gasteiger partial charge >= 0.3 is 6.03 Å². The average molecular weight is 367 g/mol. The number of halogens is 1. The van der Waals surface area contributed by atoms with Crippen LogP contribution in [0.25, 0.3) is 0 Å². The molecule has 136 valence electrons. The molecule has 25 heavy (non-hydrogen) atoms. The van der Waals surface area contributed by atoms with Gasteiger partial charge in [0.25, 0.3) is 5.91 Å². The van der Waals surface area contributed by atoms with Gasteiger partial charge in [0.2, 0.25) is 5.91 Å². The van der Waals surface area contributed by atoms with E-state index in [-0.39, 0.29) is 48.9 Å². The highest BCUT2D eigenvalue weighted by Crippen LogP contribution is 2.39. The van der Waals surface area contributed by atoms with Crippen LogP contribution in [0.3, 0.4) is 0 Å². The summed E-state index contributed by atoms with van der Waals surface area (Å²) in [5, 5.41) is 5.51. The molecule has 1 aliphatic carbocycles. The number of nitrogens with two attached hydrogens (primary N) is 1. The van der Waals surface area contributed by atoms with Gasteiger partial charge in [-0.25, -0.2) is 4.79 Å². The number of urea groups is 1. The highest BCUT2D eigenvalue weighted by molar-refractivity contribution is 6.01. The van der Waals surface area contributed by atoms with E-state index in [1.165, 1.54) is 0 Å². The molecule has 1 aromatic rings. The monoisotopic (exact) mass is 366 g/mol. The van der Waals surface area contributed by atoms with Gasteiger partial charge in [-0.15, -0.1) is 12.4 Å². The van der Waals surface area contributed by atoms with Gasteiger partial charge in [0.15, 0.2) is 0 Å². The number of rotatable bonds is 6. The highest BCUT2D eigenvalue weighted by Gasteiger charge is 2.41. The van der Waals surface area contributed by atoms with Crippen LogP contribution in [0.15, 0.2) is 24.3 Å². The molecule has 3 rings (SSSR count). The summed E-state index contributed by atoms with van der Waals surface area (Å²) in [7, 11) is 0. The second-order valence-electron chi connectivity index (χ2n) is 6.69. The van der Waals surface area contributed by atoms with E-state index in [9.17, 15) is 14.4 Å². The SMILES string of the molecule is CC(CN)(NC(=O)c1ccc(CN2C(=O)CNC2=O)cc1)C1CC1.Cl. The molecule has 0 bridgehead atoms. The van der Waals surface area contributed by atoms with Crippen molar-refractivity contribution < 1.29 is 14.4 Å². The quantitative estimate of drug-likeness (QED) is 0.653. The van der Waals surface area contributed by atoms with Gasteiger partial charge in [0.1, 0.15) is 0 Å². The third-order valence-electron chi connectivity index (χ3n) is 4.80. The normalized spacial score (nSPS) is 19.0. The predicted molar refractivity (Wildman–Crippen MR) is 95.3 cm³/mol. The lowest BCUT2D eigenvalue weighted by Gasteiger charge is -2.29. The molecule has 7 nitrogen and oxygen atoms in total. The maximum atomic E-state index is 12.4. The minimum atomic E-state index is -0.384. The number of amides is 4. The molecule has 1 aliphatic heterocycles. The van der Waals surface area contributed by atoms with Crippen LogP contribution in [0.4, 0.5) is 4.79 Å². The van der Waals surface area contributed by atoms with Crippen LogP contribution in [-0.2, 0) is 11.3 Å². The Kier molecular flexibility index (Phi) is 5.69. The van der Waals surface area contributed by atoms with Crippen molar-refractivity contribution in [2.24, 2.45) is 11.7 Å². The first-order chi connectivity index (χ1) is 11.4. The molecular formula is C17H23ClN4O3.